The van der Waals surface area contributed by atoms with E-state index in [1.807, 2.05) is 0 Å². The molecule has 1 N–H and O–H groups in total. The predicted molar refractivity (Wildman–Crippen MR) is 68.0 cm³/mol. The number of rotatable bonds is 2. The van der Waals surface area contributed by atoms with E-state index in [9.17, 15) is 4.39 Å². The van der Waals surface area contributed by atoms with Gasteiger partial charge in [0.25, 0.3) is 0 Å². The second-order valence-electron chi connectivity index (χ2n) is 5.37. The van der Waals surface area contributed by atoms with Gasteiger partial charge in [0.1, 0.15) is 11.3 Å². The summed E-state index contributed by atoms with van der Waals surface area (Å²) in [6.45, 7) is 6.22. The Labute approximate surface area is 105 Å². The molecule has 3 nitrogen and oxygen atoms in total. The van der Waals surface area contributed by atoms with Crippen molar-refractivity contribution in [2.45, 2.75) is 25.7 Å². The first-order valence-electron chi connectivity index (χ1n) is 6.39. The molecule has 18 heavy (non-hydrogen) atoms. The first kappa shape index (κ1) is 11.7. The van der Waals surface area contributed by atoms with Gasteiger partial charge in [-0.05, 0) is 31.0 Å². The molecule has 1 aromatic carbocycles. The van der Waals surface area contributed by atoms with E-state index in [1.54, 1.807) is 6.07 Å². The SMILES string of the molecule is CC(C)C1(c2nc3cc(F)ccc3o2)CCNC1. The summed E-state index contributed by atoms with van der Waals surface area (Å²) in [5, 5.41) is 3.37. The van der Waals surface area contributed by atoms with Gasteiger partial charge >= 0.3 is 0 Å². The minimum Gasteiger partial charge on any atom is -0.440 e. The van der Waals surface area contributed by atoms with Crippen molar-refractivity contribution in [3.05, 3.63) is 29.9 Å². The van der Waals surface area contributed by atoms with Crippen LogP contribution in [0, 0.1) is 11.7 Å². The summed E-state index contributed by atoms with van der Waals surface area (Å²) in [7, 11) is 0. The summed E-state index contributed by atoms with van der Waals surface area (Å²) in [5.74, 6) is 0.902. The molecule has 1 saturated heterocycles. The highest BCUT2D eigenvalue weighted by atomic mass is 19.1. The largest absolute Gasteiger partial charge is 0.440 e. The Bertz CT molecular complexity index is 570. The number of benzene rings is 1. The average Bonchev–Trinajstić information content (AvgIpc) is 2.94. The molecule has 3 rings (SSSR count). The topological polar surface area (TPSA) is 38.1 Å². The molecule has 1 atom stereocenters. The van der Waals surface area contributed by atoms with E-state index < -0.39 is 0 Å². The lowest BCUT2D eigenvalue weighted by atomic mass is 9.76. The van der Waals surface area contributed by atoms with Crippen molar-refractivity contribution in [1.82, 2.24) is 10.3 Å². The number of hydrogen-bond acceptors (Lipinski definition) is 3. The number of oxazole rings is 1. The fourth-order valence-corrected chi connectivity index (χ4v) is 2.75. The van der Waals surface area contributed by atoms with Crippen molar-refractivity contribution in [2.24, 2.45) is 5.92 Å². The monoisotopic (exact) mass is 248 g/mol. The lowest BCUT2D eigenvalue weighted by Gasteiger charge is -2.28. The van der Waals surface area contributed by atoms with Gasteiger partial charge in [0.05, 0.1) is 5.41 Å². The molecule has 96 valence electrons. The zero-order chi connectivity index (χ0) is 12.8. The van der Waals surface area contributed by atoms with E-state index >= 15 is 0 Å². The third-order valence-electron chi connectivity index (χ3n) is 4.07. The molecule has 1 aliphatic rings. The van der Waals surface area contributed by atoms with Crippen LogP contribution in [0.2, 0.25) is 0 Å². The maximum Gasteiger partial charge on any atom is 0.203 e. The minimum atomic E-state index is -0.273. The van der Waals surface area contributed by atoms with Crippen LogP contribution < -0.4 is 5.32 Å². The maximum atomic E-state index is 13.2. The number of aromatic nitrogens is 1. The fourth-order valence-electron chi connectivity index (χ4n) is 2.75. The van der Waals surface area contributed by atoms with Crippen LogP contribution in [0.25, 0.3) is 11.1 Å². The van der Waals surface area contributed by atoms with Crippen molar-refractivity contribution in [3.8, 4) is 0 Å². The molecule has 0 radical (unpaired) electrons. The van der Waals surface area contributed by atoms with Gasteiger partial charge in [-0.2, -0.15) is 0 Å². The number of halogens is 1. The van der Waals surface area contributed by atoms with E-state index in [1.165, 1.54) is 12.1 Å². The van der Waals surface area contributed by atoms with Crippen LogP contribution in [-0.4, -0.2) is 18.1 Å². The van der Waals surface area contributed by atoms with Crippen LogP contribution in [0.3, 0.4) is 0 Å². The molecule has 1 unspecified atom stereocenters. The van der Waals surface area contributed by atoms with Gasteiger partial charge in [-0.15, -0.1) is 0 Å². The van der Waals surface area contributed by atoms with Gasteiger partial charge in [-0.1, -0.05) is 13.8 Å². The third-order valence-corrected chi connectivity index (χ3v) is 4.07. The van der Waals surface area contributed by atoms with E-state index in [0.717, 1.165) is 25.4 Å². The van der Waals surface area contributed by atoms with E-state index in [4.69, 9.17) is 4.42 Å². The fraction of sp³-hybridized carbons (Fsp3) is 0.500. The van der Waals surface area contributed by atoms with Crippen molar-refractivity contribution in [1.29, 1.82) is 0 Å². The van der Waals surface area contributed by atoms with Gasteiger partial charge in [0, 0.05) is 12.6 Å². The highest BCUT2D eigenvalue weighted by Crippen LogP contribution is 2.38. The number of nitrogens with one attached hydrogen (secondary N) is 1. The van der Waals surface area contributed by atoms with E-state index in [2.05, 4.69) is 24.1 Å². The molecule has 2 aromatic rings. The van der Waals surface area contributed by atoms with Crippen molar-refractivity contribution >= 4 is 11.1 Å². The first-order chi connectivity index (χ1) is 8.62. The van der Waals surface area contributed by atoms with Gasteiger partial charge < -0.3 is 9.73 Å². The molecule has 4 heteroatoms. The standard InChI is InChI=1S/C14H17FN2O/c1-9(2)14(5-6-16-8-14)13-17-11-7-10(15)3-4-12(11)18-13/h3-4,7,9,16H,5-6,8H2,1-2H3. The highest BCUT2D eigenvalue weighted by Gasteiger charge is 2.43. The lowest BCUT2D eigenvalue weighted by Crippen LogP contribution is -2.35. The van der Waals surface area contributed by atoms with Crippen LogP contribution in [0.5, 0.6) is 0 Å². The van der Waals surface area contributed by atoms with Gasteiger partial charge in [-0.3, -0.25) is 0 Å². The predicted octanol–water partition coefficient (Wildman–Crippen LogP) is 2.85. The maximum absolute atomic E-state index is 13.2. The van der Waals surface area contributed by atoms with Crippen LogP contribution in [0.4, 0.5) is 4.39 Å². The molecule has 2 heterocycles. The summed E-state index contributed by atoms with van der Waals surface area (Å²) in [4.78, 5) is 4.50. The normalized spacial score (nSPS) is 24.2. The number of fused-ring (bicyclic) bond motifs is 1. The molecule has 0 aliphatic carbocycles. The molecule has 0 saturated carbocycles. The zero-order valence-electron chi connectivity index (χ0n) is 10.7. The van der Waals surface area contributed by atoms with Crippen LogP contribution in [0.1, 0.15) is 26.2 Å². The highest BCUT2D eigenvalue weighted by molar-refractivity contribution is 5.72. The molecular formula is C14H17FN2O. The van der Waals surface area contributed by atoms with E-state index in [0.29, 0.717) is 17.0 Å². The Hall–Kier alpha value is -1.42. The Balaban J connectivity index is 2.12. The Morgan fingerprint density at radius 1 is 1.44 bits per heavy atom. The minimum absolute atomic E-state index is 0.0600. The second kappa shape index (κ2) is 4.05. The summed E-state index contributed by atoms with van der Waals surface area (Å²) in [6, 6.07) is 4.49. The van der Waals surface area contributed by atoms with Crippen molar-refractivity contribution < 1.29 is 8.81 Å². The average molecular weight is 248 g/mol. The van der Waals surface area contributed by atoms with E-state index in [-0.39, 0.29) is 11.2 Å². The van der Waals surface area contributed by atoms with Gasteiger partial charge in [0.15, 0.2) is 5.58 Å². The third kappa shape index (κ3) is 1.63. The zero-order valence-corrected chi connectivity index (χ0v) is 10.7. The summed E-state index contributed by atoms with van der Waals surface area (Å²) in [6.07, 6.45) is 1.01. The second-order valence-corrected chi connectivity index (χ2v) is 5.37. The summed E-state index contributed by atoms with van der Waals surface area (Å²) < 4.78 is 19.0. The molecule has 0 amide bonds. The Morgan fingerprint density at radius 2 is 2.28 bits per heavy atom. The van der Waals surface area contributed by atoms with Gasteiger partial charge in [-0.25, -0.2) is 9.37 Å². The van der Waals surface area contributed by atoms with Crippen LogP contribution >= 0.6 is 0 Å². The van der Waals surface area contributed by atoms with Gasteiger partial charge in [0.2, 0.25) is 5.89 Å². The lowest BCUT2D eigenvalue weighted by molar-refractivity contribution is 0.269. The van der Waals surface area contributed by atoms with Crippen LogP contribution in [-0.2, 0) is 5.41 Å². The Morgan fingerprint density at radius 3 is 2.94 bits per heavy atom. The van der Waals surface area contributed by atoms with Crippen LogP contribution in [0.15, 0.2) is 22.6 Å². The molecule has 1 aromatic heterocycles. The number of hydrogen-bond donors (Lipinski definition) is 1. The quantitative estimate of drug-likeness (QED) is 0.888. The summed E-state index contributed by atoms with van der Waals surface area (Å²) >= 11 is 0. The van der Waals surface area contributed by atoms with Crippen molar-refractivity contribution in [2.75, 3.05) is 13.1 Å². The summed E-state index contributed by atoms with van der Waals surface area (Å²) in [5.41, 5.74) is 1.21. The molecule has 0 spiro atoms. The molecule has 0 bridgehead atoms. The first-order valence-corrected chi connectivity index (χ1v) is 6.39. The number of nitrogens with zero attached hydrogens (tertiary/aromatic N) is 1. The molecule has 1 fully saturated rings. The molecular weight excluding hydrogens is 231 g/mol. The van der Waals surface area contributed by atoms with Crippen molar-refractivity contribution in [3.63, 3.8) is 0 Å². The Kier molecular flexibility index (Phi) is 2.63. The smallest absolute Gasteiger partial charge is 0.203 e. The molecule has 1 aliphatic heterocycles.